The molecule has 1 spiro atoms. The quantitative estimate of drug-likeness (QED) is 0.872. The first-order chi connectivity index (χ1) is 11.5. The normalized spacial score (nSPS) is 48.1. The lowest BCUT2D eigenvalue weighted by Gasteiger charge is -2.55. The molecule has 0 unspecified atom stereocenters. The van der Waals surface area contributed by atoms with Crippen molar-refractivity contribution < 1.29 is 9.84 Å². The molecule has 2 nitrogen and oxygen atoms in total. The number of ether oxygens (including phenoxy) is 1. The Kier molecular flexibility index (Phi) is 3.04. The van der Waals surface area contributed by atoms with E-state index in [1.165, 1.54) is 37.7 Å². The summed E-state index contributed by atoms with van der Waals surface area (Å²) in [7, 11) is 1.77. The minimum absolute atomic E-state index is 0.381. The zero-order chi connectivity index (χ0) is 16.7. The van der Waals surface area contributed by atoms with E-state index in [0.29, 0.717) is 23.4 Å². The highest BCUT2D eigenvalue weighted by molar-refractivity contribution is 5.43. The summed E-state index contributed by atoms with van der Waals surface area (Å²) >= 11 is 0. The van der Waals surface area contributed by atoms with Crippen molar-refractivity contribution in [1.82, 2.24) is 0 Å². The summed E-state index contributed by atoms with van der Waals surface area (Å²) < 4.78 is 5.47. The fraction of sp³-hybridized carbons (Fsp3) is 0.727. The zero-order valence-corrected chi connectivity index (χ0v) is 15.2. The van der Waals surface area contributed by atoms with Crippen LogP contribution in [0.25, 0.3) is 0 Å². The molecule has 0 bridgehead atoms. The molecule has 1 N–H and O–H groups in total. The second-order valence-corrected chi connectivity index (χ2v) is 9.39. The topological polar surface area (TPSA) is 29.5 Å². The van der Waals surface area contributed by atoms with Crippen LogP contribution in [-0.2, 0) is 6.42 Å². The monoisotopic (exact) mass is 326 g/mol. The van der Waals surface area contributed by atoms with E-state index < -0.39 is 0 Å². The number of fused-ring (bicyclic) bond motifs is 3. The Balaban J connectivity index is 1.58. The predicted octanol–water partition coefficient (Wildman–Crippen LogP) is 4.41. The molecule has 5 rings (SSSR count). The fourth-order valence-electron chi connectivity index (χ4n) is 7.80. The van der Waals surface area contributed by atoms with Crippen LogP contribution in [0.5, 0.6) is 5.75 Å². The van der Waals surface area contributed by atoms with Gasteiger partial charge in [0.05, 0.1) is 7.11 Å². The number of rotatable bonds is 2. The van der Waals surface area contributed by atoms with Gasteiger partial charge in [0, 0.05) is 6.61 Å². The van der Waals surface area contributed by atoms with Gasteiger partial charge in [0.1, 0.15) is 5.75 Å². The van der Waals surface area contributed by atoms with Gasteiger partial charge in [0.25, 0.3) is 0 Å². The van der Waals surface area contributed by atoms with Gasteiger partial charge in [-0.1, -0.05) is 19.9 Å². The SMILES string of the molecule is COc1ccc2c(c1)C[C@@H](C)[C@@H]1[C@@H]2CC[C@]2(C)[C@H](CO)C[C@H]3C[C@@]312. The van der Waals surface area contributed by atoms with E-state index in [0.717, 1.165) is 29.4 Å². The second-order valence-electron chi connectivity index (χ2n) is 9.39. The van der Waals surface area contributed by atoms with Gasteiger partial charge in [-0.3, -0.25) is 0 Å². The first kappa shape index (κ1) is 15.3. The van der Waals surface area contributed by atoms with Crippen LogP contribution >= 0.6 is 0 Å². The van der Waals surface area contributed by atoms with E-state index in [4.69, 9.17) is 4.74 Å². The van der Waals surface area contributed by atoms with Gasteiger partial charge < -0.3 is 9.84 Å². The van der Waals surface area contributed by atoms with E-state index in [9.17, 15) is 5.11 Å². The largest absolute Gasteiger partial charge is 0.497 e. The van der Waals surface area contributed by atoms with Crippen LogP contribution in [-0.4, -0.2) is 18.8 Å². The Morgan fingerprint density at radius 1 is 1.33 bits per heavy atom. The Hall–Kier alpha value is -1.02. The maximum absolute atomic E-state index is 9.97. The van der Waals surface area contributed by atoms with Crippen molar-refractivity contribution in [3.63, 3.8) is 0 Å². The lowest BCUT2D eigenvalue weighted by molar-refractivity contribution is -0.0445. The first-order valence-electron chi connectivity index (χ1n) is 9.83. The molecular formula is C22H30O2. The fourth-order valence-corrected chi connectivity index (χ4v) is 7.80. The number of methoxy groups -OCH3 is 1. The molecule has 0 aromatic heterocycles. The molecule has 0 aliphatic heterocycles. The summed E-state index contributed by atoms with van der Waals surface area (Å²) in [5.41, 5.74) is 4.04. The van der Waals surface area contributed by atoms with Crippen molar-refractivity contribution in [3.05, 3.63) is 29.3 Å². The maximum Gasteiger partial charge on any atom is 0.119 e. The maximum atomic E-state index is 9.97. The Morgan fingerprint density at radius 3 is 2.92 bits per heavy atom. The Labute approximate surface area is 145 Å². The second kappa shape index (κ2) is 4.78. The summed E-state index contributed by atoms with van der Waals surface area (Å²) in [6, 6.07) is 6.79. The molecule has 2 heteroatoms. The zero-order valence-electron chi connectivity index (χ0n) is 15.2. The number of benzene rings is 1. The van der Waals surface area contributed by atoms with Crippen LogP contribution in [0.4, 0.5) is 0 Å². The number of aliphatic hydroxyl groups is 1. The third-order valence-corrected chi connectivity index (χ3v) is 8.81. The number of hydrogen-bond donors (Lipinski definition) is 1. The van der Waals surface area contributed by atoms with Crippen molar-refractivity contribution in [2.24, 2.45) is 34.5 Å². The van der Waals surface area contributed by atoms with Gasteiger partial charge in [0.15, 0.2) is 0 Å². The highest BCUT2D eigenvalue weighted by Crippen LogP contribution is 2.83. The number of hydrogen-bond acceptors (Lipinski definition) is 2. The van der Waals surface area contributed by atoms with Gasteiger partial charge in [-0.05, 0) is 95.8 Å². The van der Waals surface area contributed by atoms with Gasteiger partial charge in [-0.2, -0.15) is 0 Å². The van der Waals surface area contributed by atoms with E-state index in [-0.39, 0.29) is 0 Å². The van der Waals surface area contributed by atoms with E-state index in [1.807, 2.05) is 0 Å². The minimum atomic E-state index is 0.381. The number of aliphatic hydroxyl groups excluding tert-OH is 1. The highest BCUT2D eigenvalue weighted by Gasteiger charge is 2.77. The lowest BCUT2D eigenvalue weighted by atomic mass is 9.49. The average molecular weight is 326 g/mol. The van der Waals surface area contributed by atoms with E-state index >= 15 is 0 Å². The van der Waals surface area contributed by atoms with Gasteiger partial charge >= 0.3 is 0 Å². The summed E-state index contributed by atoms with van der Waals surface area (Å²) in [5.74, 6) is 4.72. The van der Waals surface area contributed by atoms with Crippen molar-refractivity contribution in [1.29, 1.82) is 0 Å². The molecule has 4 aliphatic rings. The molecule has 0 heterocycles. The standard InChI is InChI=1S/C22H30O2/c1-13-8-14-9-17(24-3)4-5-18(14)19-6-7-21(2)16(12-23)10-15-11-22(15,21)20(13)19/h4-5,9,13,15-16,19-20,23H,6-8,10-12H2,1-3H3/t13-,15+,16+,19-,20-,21-,22-/m1/s1. The van der Waals surface area contributed by atoms with E-state index in [1.54, 1.807) is 12.7 Å². The molecule has 3 fully saturated rings. The summed E-state index contributed by atoms with van der Waals surface area (Å²) in [5, 5.41) is 9.97. The predicted molar refractivity (Wildman–Crippen MR) is 95.2 cm³/mol. The molecule has 130 valence electrons. The third-order valence-electron chi connectivity index (χ3n) is 8.81. The lowest BCUT2D eigenvalue weighted by Crippen LogP contribution is -2.49. The molecule has 0 amide bonds. The van der Waals surface area contributed by atoms with Crippen LogP contribution in [0.1, 0.15) is 56.6 Å². The highest BCUT2D eigenvalue weighted by atomic mass is 16.5. The minimum Gasteiger partial charge on any atom is -0.497 e. The molecule has 24 heavy (non-hydrogen) atoms. The Morgan fingerprint density at radius 2 is 2.17 bits per heavy atom. The summed E-state index contributed by atoms with van der Waals surface area (Å²) in [4.78, 5) is 0. The van der Waals surface area contributed by atoms with Crippen LogP contribution < -0.4 is 4.74 Å². The van der Waals surface area contributed by atoms with Crippen molar-refractivity contribution >= 4 is 0 Å². The van der Waals surface area contributed by atoms with Gasteiger partial charge in [-0.25, -0.2) is 0 Å². The molecule has 0 saturated heterocycles. The molecule has 4 aliphatic carbocycles. The smallest absolute Gasteiger partial charge is 0.119 e. The van der Waals surface area contributed by atoms with Gasteiger partial charge in [0.2, 0.25) is 0 Å². The average Bonchev–Trinajstić information content (AvgIpc) is 3.24. The van der Waals surface area contributed by atoms with Crippen molar-refractivity contribution in [2.75, 3.05) is 13.7 Å². The molecule has 3 saturated carbocycles. The molecule has 1 aromatic carbocycles. The van der Waals surface area contributed by atoms with Crippen molar-refractivity contribution in [2.45, 2.75) is 51.9 Å². The van der Waals surface area contributed by atoms with Crippen molar-refractivity contribution in [3.8, 4) is 5.75 Å². The third kappa shape index (κ3) is 1.62. The molecular weight excluding hydrogens is 296 g/mol. The molecule has 1 aromatic rings. The van der Waals surface area contributed by atoms with Crippen LogP contribution in [0.2, 0.25) is 0 Å². The van der Waals surface area contributed by atoms with Crippen LogP contribution in [0.15, 0.2) is 18.2 Å². The summed E-state index contributed by atoms with van der Waals surface area (Å²) in [6.07, 6.45) is 6.50. The Bertz CT molecular complexity index is 683. The van der Waals surface area contributed by atoms with Crippen LogP contribution in [0, 0.1) is 34.5 Å². The van der Waals surface area contributed by atoms with Gasteiger partial charge in [-0.15, -0.1) is 0 Å². The molecule has 0 radical (unpaired) electrons. The molecule has 7 atom stereocenters. The summed E-state index contributed by atoms with van der Waals surface area (Å²) in [6.45, 7) is 5.41. The first-order valence-corrected chi connectivity index (χ1v) is 9.83. The van der Waals surface area contributed by atoms with Crippen LogP contribution in [0.3, 0.4) is 0 Å². The van der Waals surface area contributed by atoms with E-state index in [2.05, 4.69) is 32.0 Å².